The fraction of sp³-hybridized carbons (Fsp3) is 0.625. The SMILES string of the molecule is CCCNC1CCC(c2ccccc2C)C1C. The fourth-order valence-electron chi connectivity index (χ4n) is 3.22. The maximum absolute atomic E-state index is 3.70. The summed E-state index contributed by atoms with van der Waals surface area (Å²) in [4.78, 5) is 0. The normalized spacial score (nSPS) is 28.5. The van der Waals surface area contributed by atoms with Crippen LogP contribution in [-0.4, -0.2) is 12.6 Å². The lowest BCUT2D eigenvalue weighted by atomic mass is 9.86. The molecule has 1 N–H and O–H groups in total. The molecule has 0 bridgehead atoms. The summed E-state index contributed by atoms with van der Waals surface area (Å²) in [5, 5.41) is 3.70. The second-order valence-corrected chi connectivity index (χ2v) is 5.46. The Morgan fingerprint density at radius 3 is 2.71 bits per heavy atom. The topological polar surface area (TPSA) is 12.0 Å². The zero-order chi connectivity index (χ0) is 12.3. The number of hydrogen-bond acceptors (Lipinski definition) is 1. The first-order valence-corrected chi connectivity index (χ1v) is 7.03. The van der Waals surface area contributed by atoms with Gasteiger partial charge in [-0.3, -0.25) is 0 Å². The highest BCUT2D eigenvalue weighted by atomic mass is 14.9. The van der Waals surface area contributed by atoms with Gasteiger partial charge in [0.2, 0.25) is 0 Å². The minimum atomic E-state index is 0.722. The van der Waals surface area contributed by atoms with Crippen molar-refractivity contribution >= 4 is 0 Å². The van der Waals surface area contributed by atoms with Gasteiger partial charge in [-0.05, 0) is 55.7 Å². The molecule has 0 aromatic heterocycles. The second-order valence-electron chi connectivity index (χ2n) is 5.46. The van der Waals surface area contributed by atoms with Crippen molar-refractivity contribution < 1.29 is 0 Å². The highest BCUT2D eigenvalue weighted by Crippen LogP contribution is 2.40. The molecule has 3 atom stereocenters. The Bertz CT molecular complexity index is 358. The predicted molar refractivity (Wildman–Crippen MR) is 74.4 cm³/mol. The standard InChI is InChI=1S/C16H25N/c1-4-11-17-16-10-9-15(13(16)3)14-8-6-5-7-12(14)2/h5-8,13,15-17H,4,9-11H2,1-3H3. The molecule has 1 heteroatoms. The Morgan fingerprint density at radius 1 is 1.24 bits per heavy atom. The summed E-state index contributed by atoms with van der Waals surface area (Å²) in [6, 6.07) is 9.61. The highest BCUT2D eigenvalue weighted by Gasteiger charge is 2.33. The van der Waals surface area contributed by atoms with E-state index in [0.29, 0.717) is 0 Å². The van der Waals surface area contributed by atoms with Crippen molar-refractivity contribution in [1.29, 1.82) is 0 Å². The third-order valence-electron chi connectivity index (χ3n) is 4.30. The van der Waals surface area contributed by atoms with E-state index in [4.69, 9.17) is 0 Å². The number of hydrogen-bond donors (Lipinski definition) is 1. The summed E-state index contributed by atoms with van der Waals surface area (Å²) in [7, 11) is 0. The molecule has 2 rings (SSSR count). The molecule has 1 nitrogen and oxygen atoms in total. The first-order chi connectivity index (χ1) is 8.24. The molecule has 0 heterocycles. The molecule has 1 aromatic rings. The molecule has 3 unspecified atom stereocenters. The van der Waals surface area contributed by atoms with Crippen molar-refractivity contribution in [1.82, 2.24) is 5.32 Å². The molecule has 0 saturated heterocycles. The maximum Gasteiger partial charge on any atom is 0.00987 e. The lowest BCUT2D eigenvalue weighted by molar-refractivity contribution is 0.404. The van der Waals surface area contributed by atoms with Crippen LogP contribution in [0, 0.1) is 12.8 Å². The van der Waals surface area contributed by atoms with Crippen molar-refractivity contribution in [3.63, 3.8) is 0 Å². The molecule has 1 aliphatic carbocycles. The minimum Gasteiger partial charge on any atom is -0.314 e. The smallest absolute Gasteiger partial charge is 0.00987 e. The summed E-state index contributed by atoms with van der Waals surface area (Å²) in [6.45, 7) is 8.06. The number of benzene rings is 1. The van der Waals surface area contributed by atoms with E-state index in [1.807, 2.05) is 0 Å². The van der Waals surface area contributed by atoms with Gasteiger partial charge in [0.25, 0.3) is 0 Å². The van der Waals surface area contributed by atoms with Crippen molar-refractivity contribution in [2.75, 3.05) is 6.54 Å². The molecule has 17 heavy (non-hydrogen) atoms. The Hall–Kier alpha value is -0.820. The summed E-state index contributed by atoms with van der Waals surface area (Å²) >= 11 is 0. The van der Waals surface area contributed by atoms with Crippen LogP contribution in [0.2, 0.25) is 0 Å². The van der Waals surface area contributed by atoms with Crippen LogP contribution >= 0.6 is 0 Å². The predicted octanol–water partition coefficient (Wildman–Crippen LogP) is 3.88. The Balaban J connectivity index is 2.07. The van der Waals surface area contributed by atoms with Gasteiger partial charge in [0.05, 0.1) is 0 Å². The quantitative estimate of drug-likeness (QED) is 0.829. The van der Waals surface area contributed by atoms with Gasteiger partial charge in [-0.15, -0.1) is 0 Å². The largest absolute Gasteiger partial charge is 0.314 e. The van der Waals surface area contributed by atoms with Gasteiger partial charge in [-0.1, -0.05) is 38.1 Å². The molecule has 1 aromatic carbocycles. The van der Waals surface area contributed by atoms with Crippen LogP contribution in [0.3, 0.4) is 0 Å². The van der Waals surface area contributed by atoms with E-state index in [0.717, 1.165) is 24.4 Å². The zero-order valence-electron chi connectivity index (χ0n) is 11.4. The molecule has 0 radical (unpaired) electrons. The van der Waals surface area contributed by atoms with E-state index < -0.39 is 0 Å². The molecule has 94 valence electrons. The highest BCUT2D eigenvalue weighted by molar-refractivity contribution is 5.30. The average Bonchev–Trinajstić information content (AvgIpc) is 2.69. The van der Waals surface area contributed by atoms with Crippen molar-refractivity contribution in [3.8, 4) is 0 Å². The van der Waals surface area contributed by atoms with E-state index in [1.165, 1.54) is 24.8 Å². The third kappa shape index (κ3) is 2.71. The van der Waals surface area contributed by atoms with Crippen LogP contribution in [0.5, 0.6) is 0 Å². The minimum absolute atomic E-state index is 0.722. The van der Waals surface area contributed by atoms with Gasteiger partial charge in [-0.25, -0.2) is 0 Å². The van der Waals surface area contributed by atoms with Gasteiger partial charge in [0.15, 0.2) is 0 Å². The van der Waals surface area contributed by atoms with Crippen LogP contribution < -0.4 is 5.32 Å². The van der Waals surface area contributed by atoms with E-state index in [2.05, 4.69) is 50.4 Å². The fourth-order valence-corrected chi connectivity index (χ4v) is 3.22. The van der Waals surface area contributed by atoms with E-state index in [-0.39, 0.29) is 0 Å². The van der Waals surface area contributed by atoms with Crippen LogP contribution in [0.15, 0.2) is 24.3 Å². The number of rotatable bonds is 4. The van der Waals surface area contributed by atoms with Crippen LogP contribution in [0.25, 0.3) is 0 Å². The first-order valence-electron chi connectivity index (χ1n) is 7.03. The summed E-state index contributed by atoms with van der Waals surface area (Å²) in [6.07, 6.45) is 3.91. The molecule has 1 saturated carbocycles. The van der Waals surface area contributed by atoms with Crippen LogP contribution in [-0.2, 0) is 0 Å². The number of nitrogens with one attached hydrogen (secondary N) is 1. The average molecular weight is 231 g/mol. The van der Waals surface area contributed by atoms with Gasteiger partial charge >= 0.3 is 0 Å². The van der Waals surface area contributed by atoms with Crippen LogP contribution in [0.4, 0.5) is 0 Å². The molecule has 0 aliphatic heterocycles. The molecule has 0 spiro atoms. The van der Waals surface area contributed by atoms with Crippen molar-refractivity contribution in [2.24, 2.45) is 5.92 Å². The second kappa shape index (κ2) is 5.68. The van der Waals surface area contributed by atoms with Crippen molar-refractivity contribution in [2.45, 2.75) is 52.0 Å². The van der Waals surface area contributed by atoms with Gasteiger partial charge in [-0.2, -0.15) is 0 Å². The van der Waals surface area contributed by atoms with Crippen LogP contribution in [0.1, 0.15) is 50.2 Å². The third-order valence-corrected chi connectivity index (χ3v) is 4.30. The maximum atomic E-state index is 3.70. The molecule has 1 aliphatic rings. The summed E-state index contributed by atoms with van der Waals surface area (Å²) < 4.78 is 0. The van der Waals surface area contributed by atoms with E-state index in [9.17, 15) is 0 Å². The van der Waals surface area contributed by atoms with Gasteiger partial charge < -0.3 is 5.32 Å². The Labute approximate surface area is 106 Å². The monoisotopic (exact) mass is 231 g/mol. The molecule has 0 amide bonds. The van der Waals surface area contributed by atoms with Gasteiger partial charge in [0, 0.05) is 6.04 Å². The Kier molecular flexibility index (Phi) is 4.22. The molecular weight excluding hydrogens is 206 g/mol. The summed E-state index contributed by atoms with van der Waals surface area (Å²) in [5.41, 5.74) is 3.03. The summed E-state index contributed by atoms with van der Waals surface area (Å²) in [5.74, 6) is 1.52. The lowest BCUT2D eigenvalue weighted by Crippen LogP contribution is -2.32. The van der Waals surface area contributed by atoms with Gasteiger partial charge in [0.1, 0.15) is 0 Å². The Morgan fingerprint density at radius 2 is 2.00 bits per heavy atom. The zero-order valence-corrected chi connectivity index (χ0v) is 11.4. The lowest BCUT2D eigenvalue weighted by Gasteiger charge is -2.23. The van der Waals surface area contributed by atoms with Crippen molar-refractivity contribution in [3.05, 3.63) is 35.4 Å². The van der Waals surface area contributed by atoms with E-state index >= 15 is 0 Å². The van der Waals surface area contributed by atoms with E-state index in [1.54, 1.807) is 5.56 Å². The number of aryl methyl sites for hydroxylation is 1. The first kappa shape index (κ1) is 12.6. The molecule has 1 fully saturated rings. The molecular formula is C16H25N.